The van der Waals surface area contributed by atoms with E-state index in [0.717, 1.165) is 24.9 Å². The molecule has 0 aliphatic carbocycles. The Labute approximate surface area is 69.1 Å². The first-order valence-corrected chi connectivity index (χ1v) is 4.33. The number of nitrogens with two attached hydrogens (primary N) is 1. The van der Waals surface area contributed by atoms with Gasteiger partial charge in [0.05, 0.1) is 0 Å². The SMILES string of the molecule is CC1CC(C)CN(N)N(C)C1. The maximum absolute atomic E-state index is 5.79. The molecular formula is C8H19N3. The molecule has 1 fully saturated rings. The van der Waals surface area contributed by atoms with Crippen molar-refractivity contribution in [3.63, 3.8) is 0 Å². The molecule has 0 saturated carbocycles. The predicted octanol–water partition coefficient (Wildman–Crippen LogP) is 0.685. The highest BCUT2D eigenvalue weighted by Crippen LogP contribution is 2.17. The fourth-order valence-corrected chi connectivity index (χ4v) is 1.85. The molecule has 2 N–H and O–H groups in total. The molecule has 0 bridgehead atoms. The van der Waals surface area contributed by atoms with Crippen LogP contribution in [-0.2, 0) is 0 Å². The van der Waals surface area contributed by atoms with Gasteiger partial charge in [-0.05, 0) is 18.3 Å². The maximum Gasteiger partial charge on any atom is 0.0313 e. The Kier molecular flexibility index (Phi) is 2.87. The average molecular weight is 157 g/mol. The Bertz CT molecular complexity index is 113. The number of hydrogen-bond donors (Lipinski definition) is 1. The number of hydrogen-bond acceptors (Lipinski definition) is 3. The molecule has 2 atom stereocenters. The van der Waals surface area contributed by atoms with Gasteiger partial charge in [-0.1, -0.05) is 13.8 Å². The Morgan fingerprint density at radius 2 is 1.73 bits per heavy atom. The third-order valence-corrected chi connectivity index (χ3v) is 2.32. The van der Waals surface area contributed by atoms with E-state index in [1.165, 1.54) is 6.42 Å². The quantitative estimate of drug-likeness (QED) is 0.525. The largest absolute Gasteiger partial charge is 0.255 e. The monoisotopic (exact) mass is 157 g/mol. The van der Waals surface area contributed by atoms with Crippen LogP contribution in [0.5, 0.6) is 0 Å². The van der Waals surface area contributed by atoms with Crippen LogP contribution in [-0.4, -0.2) is 30.3 Å². The fourth-order valence-electron chi connectivity index (χ4n) is 1.85. The van der Waals surface area contributed by atoms with Gasteiger partial charge in [-0.15, -0.1) is 0 Å². The zero-order chi connectivity index (χ0) is 8.43. The van der Waals surface area contributed by atoms with Crippen molar-refractivity contribution in [3.05, 3.63) is 0 Å². The van der Waals surface area contributed by atoms with Gasteiger partial charge in [0.25, 0.3) is 0 Å². The molecule has 1 aliphatic heterocycles. The second-order valence-electron chi connectivity index (χ2n) is 3.91. The van der Waals surface area contributed by atoms with E-state index in [1.54, 1.807) is 0 Å². The van der Waals surface area contributed by atoms with Crippen LogP contribution in [0.2, 0.25) is 0 Å². The van der Waals surface area contributed by atoms with Crippen molar-refractivity contribution in [2.24, 2.45) is 17.7 Å². The normalized spacial score (nSPS) is 37.1. The molecular weight excluding hydrogens is 138 g/mol. The van der Waals surface area contributed by atoms with Crippen molar-refractivity contribution in [1.29, 1.82) is 0 Å². The highest BCUT2D eigenvalue weighted by atomic mass is 15.7. The van der Waals surface area contributed by atoms with Gasteiger partial charge in [0.1, 0.15) is 0 Å². The minimum atomic E-state index is 0.722. The zero-order valence-corrected chi connectivity index (χ0v) is 7.75. The second-order valence-corrected chi connectivity index (χ2v) is 3.91. The van der Waals surface area contributed by atoms with E-state index in [4.69, 9.17) is 5.84 Å². The summed E-state index contributed by atoms with van der Waals surface area (Å²) >= 11 is 0. The highest BCUT2D eigenvalue weighted by molar-refractivity contribution is 4.67. The van der Waals surface area contributed by atoms with Crippen molar-refractivity contribution in [2.75, 3.05) is 20.1 Å². The highest BCUT2D eigenvalue weighted by Gasteiger charge is 2.20. The van der Waals surface area contributed by atoms with Crippen molar-refractivity contribution in [1.82, 2.24) is 10.1 Å². The minimum absolute atomic E-state index is 0.722. The van der Waals surface area contributed by atoms with Gasteiger partial charge in [0.15, 0.2) is 0 Å². The smallest absolute Gasteiger partial charge is 0.0313 e. The lowest BCUT2D eigenvalue weighted by Gasteiger charge is -2.26. The molecule has 0 amide bonds. The van der Waals surface area contributed by atoms with Gasteiger partial charge in [0, 0.05) is 20.1 Å². The molecule has 3 heteroatoms. The van der Waals surface area contributed by atoms with Crippen LogP contribution in [0.25, 0.3) is 0 Å². The summed E-state index contributed by atoms with van der Waals surface area (Å²) < 4.78 is 0. The Morgan fingerprint density at radius 3 is 2.36 bits per heavy atom. The summed E-state index contributed by atoms with van der Waals surface area (Å²) in [5.74, 6) is 7.28. The Morgan fingerprint density at radius 1 is 1.18 bits per heavy atom. The van der Waals surface area contributed by atoms with Crippen molar-refractivity contribution in [2.45, 2.75) is 20.3 Å². The molecule has 0 aromatic heterocycles. The molecule has 66 valence electrons. The average Bonchev–Trinajstić information content (AvgIpc) is 1.93. The first-order valence-electron chi connectivity index (χ1n) is 4.33. The molecule has 11 heavy (non-hydrogen) atoms. The maximum atomic E-state index is 5.79. The first-order chi connectivity index (χ1) is 5.09. The summed E-state index contributed by atoms with van der Waals surface area (Å²) in [5.41, 5.74) is 0. The number of rotatable bonds is 0. The molecule has 1 aliphatic rings. The third kappa shape index (κ3) is 2.43. The summed E-state index contributed by atoms with van der Waals surface area (Å²) in [7, 11) is 2.05. The van der Waals surface area contributed by atoms with Gasteiger partial charge >= 0.3 is 0 Å². The molecule has 1 saturated heterocycles. The molecule has 1 heterocycles. The van der Waals surface area contributed by atoms with Gasteiger partial charge < -0.3 is 0 Å². The number of hydrazine groups is 2. The second kappa shape index (κ2) is 3.52. The van der Waals surface area contributed by atoms with E-state index in [1.807, 2.05) is 5.12 Å². The summed E-state index contributed by atoms with van der Waals surface area (Å²) in [6.07, 6.45) is 1.29. The van der Waals surface area contributed by atoms with Gasteiger partial charge in [-0.25, -0.2) is 5.01 Å². The van der Waals surface area contributed by atoms with E-state index in [2.05, 4.69) is 25.9 Å². The van der Waals surface area contributed by atoms with Crippen LogP contribution in [0.4, 0.5) is 0 Å². The summed E-state index contributed by atoms with van der Waals surface area (Å²) in [4.78, 5) is 0. The summed E-state index contributed by atoms with van der Waals surface area (Å²) in [6, 6.07) is 0. The Balaban J connectivity index is 2.51. The summed E-state index contributed by atoms with van der Waals surface area (Å²) in [6.45, 7) is 6.61. The van der Waals surface area contributed by atoms with Gasteiger partial charge in [-0.3, -0.25) is 5.84 Å². The lowest BCUT2D eigenvalue weighted by Crippen LogP contribution is -2.46. The van der Waals surface area contributed by atoms with Crippen LogP contribution in [0, 0.1) is 11.8 Å². The summed E-state index contributed by atoms with van der Waals surface area (Å²) in [5, 5.41) is 3.93. The third-order valence-electron chi connectivity index (χ3n) is 2.32. The van der Waals surface area contributed by atoms with Crippen LogP contribution in [0.3, 0.4) is 0 Å². The van der Waals surface area contributed by atoms with E-state index >= 15 is 0 Å². The lowest BCUT2D eigenvalue weighted by molar-refractivity contribution is -0.00368. The minimum Gasteiger partial charge on any atom is -0.255 e. The van der Waals surface area contributed by atoms with E-state index in [0.29, 0.717) is 0 Å². The van der Waals surface area contributed by atoms with E-state index in [-0.39, 0.29) is 0 Å². The van der Waals surface area contributed by atoms with Crippen LogP contribution in [0.15, 0.2) is 0 Å². The molecule has 1 rings (SSSR count). The van der Waals surface area contributed by atoms with E-state index < -0.39 is 0 Å². The zero-order valence-electron chi connectivity index (χ0n) is 7.75. The molecule has 0 aromatic rings. The number of nitrogens with zero attached hydrogens (tertiary/aromatic N) is 2. The topological polar surface area (TPSA) is 32.5 Å². The predicted molar refractivity (Wildman–Crippen MR) is 46.5 cm³/mol. The fraction of sp³-hybridized carbons (Fsp3) is 1.00. The molecule has 2 unspecified atom stereocenters. The Hall–Kier alpha value is -0.120. The van der Waals surface area contributed by atoms with Crippen LogP contribution >= 0.6 is 0 Å². The first kappa shape index (κ1) is 8.97. The van der Waals surface area contributed by atoms with Crippen LogP contribution in [0.1, 0.15) is 20.3 Å². The molecule has 0 radical (unpaired) electrons. The standard InChI is InChI=1S/C8H19N3/c1-7-4-8(2)6-11(9)10(3)5-7/h7-8H,4-6,9H2,1-3H3. The van der Waals surface area contributed by atoms with Crippen LogP contribution < -0.4 is 5.84 Å². The van der Waals surface area contributed by atoms with Crippen molar-refractivity contribution >= 4 is 0 Å². The molecule has 3 nitrogen and oxygen atoms in total. The molecule has 0 spiro atoms. The van der Waals surface area contributed by atoms with Crippen molar-refractivity contribution in [3.8, 4) is 0 Å². The van der Waals surface area contributed by atoms with Gasteiger partial charge in [0.2, 0.25) is 0 Å². The van der Waals surface area contributed by atoms with E-state index in [9.17, 15) is 0 Å². The molecule has 0 aromatic carbocycles. The lowest BCUT2D eigenvalue weighted by atomic mass is 9.98. The van der Waals surface area contributed by atoms with Crippen molar-refractivity contribution < 1.29 is 0 Å². The van der Waals surface area contributed by atoms with Gasteiger partial charge in [-0.2, -0.15) is 5.12 Å².